The standard InChI is InChI=1S/C39H34ClFN6O4S/c1-23-17-29(35(43-20-23)46-21-39(22-46)11-15-51-16-12-39)36(48)44-27-7-4-24(5-8-27)38(50)47-14-10-25-18-32(37(49)45-34-30(40)3-2-13-42-34)52-33(25)28-9-6-26(41)19-31(28)47/h2-9,13,17-20H,10-12,14-16,21-22H2,1H3,(H,44,48)(H,42,45,49). The lowest BCUT2D eigenvalue weighted by Crippen LogP contribution is -2.59. The summed E-state index contributed by atoms with van der Waals surface area (Å²) in [5.74, 6) is -0.511. The summed E-state index contributed by atoms with van der Waals surface area (Å²) < 4.78 is 20.3. The molecule has 264 valence electrons. The molecular weight excluding hydrogens is 703 g/mol. The minimum absolute atomic E-state index is 0.224. The Labute approximate surface area is 308 Å². The second-order valence-corrected chi connectivity index (χ2v) is 15.0. The highest BCUT2D eigenvalue weighted by atomic mass is 35.5. The van der Waals surface area contributed by atoms with Crippen LogP contribution in [0.1, 0.15) is 54.4 Å². The number of nitrogens with one attached hydrogen (secondary N) is 2. The van der Waals surface area contributed by atoms with Crippen molar-refractivity contribution in [2.75, 3.05) is 53.3 Å². The predicted octanol–water partition coefficient (Wildman–Crippen LogP) is 7.63. The number of benzene rings is 2. The summed E-state index contributed by atoms with van der Waals surface area (Å²) in [6.45, 7) is 5.40. The number of ether oxygens (including phenoxy) is 1. The van der Waals surface area contributed by atoms with E-state index in [0.717, 1.165) is 55.1 Å². The molecule has 5 aromatic rings. The van der Waals surface area contributed by atoms with Gasteiger partial charge in [0.2, 0.25) is 0 Å². The molecule has 2 aromatic carbocycles. The van der Waals surface area contributed by atoms with Crippen LogP contribution < -0.4 is 20.4 Å². The van der Waals surface area contributed by atoms with Crippen molar-refractivity contribution in [1.82, 2.24) is 9.97 Å². The number of nitrogens with zero attached hydrogens (tertiary/aromatic N) is 4. The van der Waals surface area contributed by atoms with Gasteiger partial charge >= 0.3 is 0 Å². The van der Waals surface area contributed by atoms with Gasteiger partial charge in [-0.05, 0) is 104 Å². The monoisotopic (exact) mass is 736 g/mol. The van der Waals surface area contributed by atoms with E-state index in [-0.39, 0.29) is 35.5 Å². The summed E-state index contributed by atoms with van der Waals surface area (Å²) in [5, 5.41) is 6.05. The Bertz CT molecular complexity index is 2210. The first-order chi connectivity index (χ1) is 25.2. The SMILES string of the molecule is Cc1cnc(N2CC3(CCOCC3)C2)c(C(=O)Nc2ccc(C(=O)N3CCc4cc(C(=O)Nc5ncccc5Cl)sc4-c4ccc(F)cc43)cc2)c1. The molecule has 3 aliphatic heterocycles. The van der Waals surface area contributed by atoms with Crippen molar-refractivity contribution in [3.05, 3.63) is 117 Å². The molecule has 10 nitrogen and oxygen atoms in total. The van der Waals surface area contributed by atoms with Crippen LogP contribution in [0.25, 0.3) is 10.4 Å². The fourth-order valence-corrected chi connectivity index (χ4v) is 8.46. The Balaban J connectivity index is 0.989. The molecule has 3 amide bonds. The summed E-state index contributed by atoms with van der Waals surface area (Å²) in [6.07, 6.45) is 5.79. The number of thiophene rings is 1. The molecule has 3 aliphatic rings. The number of anilines is 4. The maximum atomic E-state index is 14.7. The Morgan fingerprint density at radius 1 is 0.962 bits per heavy atom. The maximum Gasteiger partial charge on any atom is 0.266 e. The number of aromatic nitrogens is 2. The van der Waals surface area contributed by atoms with Crippen LogP contribution >= 0.6 is 22.9 Å². The average Bonchev–Trinajstić information content (AvgIpc) is 3.50. The lowest BCUT2D eigenvalue weighted by Gasteiger charge is -2.53. The van der Waals surface area contributed by atoms with Crippen LogP contribution in [-0.4, -0.2) is 60.5 Å². The number of pyridine rings is 2. The Morgan fingerprint density at radius 2 is 1.75 bits per heavy atom. The van der Waals surface area contributed by atoms with E-state index in [1.54, 1.807) is 65.8 Å². The van der Waals surface area contributed by atoms with Crippen LogP contribution in [-0.2, 0) is 11.2 Å². The number of hydrogen-bond donors (Lipinski definition) is 2. The predicted molar refractivity (Wildman–Crippen MR) is 200 cm³/mol. The zero-order valence-electron chi connectivity index (χ0n) is 28.2. The van der Waals surface area contributed by atoms with Crippen LogP contribution in [0.5, 0.6) is 0 Å². The van der Waals surface area contributed by atoms with E-state index in [1.807, 2.05) is 13.0 Å². The largest absolute Gasteiger partial charge is 0.381 e. The number of rotatable bonds is 6. The lowest BCUT2D eigenvalue weighted by atomic mass is 9.73. The molecule has 2 fully saturated rings. The Morgan fingerprint density at radius 3 is 2.52 bits per heavy atom. The van der Waals surface area contributed by atoms with Crippen molar-refractivity contribution in [1.29, 1.82) is 0 Å². The molecule has 6 heterocycles. The number of aryl methyl sites for hydroxylation is 1. The normalized spacial score (nSPS) is 16.0. The molecule has 2 N–H and O–H groups in total. The van der Waals surface area contributed by atoms with Crippen LogP contribution in [0.4, 0.5) is 27.4 Å². The van der Waals surface area contributed by atoms with Gasteiger partial charge in [0, 0.05) is 72.3 Å². The third-order valence-electron chi connectivity index (χ3n) is 9.91. The summed E-state index contributed by atoms with van der Waals surface area (Å²) in [6, 6.07) is 18.0. The lowest BCUT2D eigenvalue weighted by molar-refractivity contribution is -0.000511. The quantitative estimate of drug-likeness (QED) is 0.184. The van der Waals surface area contributed by atoms with E-state index < -0.39 is 5.82 Å². The molecule has 8 rings (SSSR count). The van der Waals surface area contributed by atoms with Crippen molar-refractivity contribution in [2.24, 2.45) is 5.41 Å². The number of halogens is 2. The number of carbonyl (C=O) groups excluding carboxylic acids is 3. The average molecular weight is 737 g/mol. The maximum absolute atomic E-state index is 14.7. The van der Waals surface area contributed by atoms with E-state index in [0.29, 0.717) is 50.2 Å². The molecule has 0 unspecified atom stereocenters. The second-order valence-electron chi connectivity index (χ2n) is 13.5. The zero-order chi connectivity index (χ0) is 36.0. The van der Waals surface area contributed by atoms with Crippen LogP contribution in [0.3, 0.4) is 0 Å². The van der Waals surface area contributed by atoms with E-state index in [9.17, 15) is 18.8 Å². The molecule has 0 radical (unpaired) electrons. The summed E-state index contributed by atoms with van der Waals surface area (Å²) in [4.78, 5) is 54.5. The third kappa shape index (κ3) is 6.53. The molecule has 0 aliphatic carbocycles. The molecule has 3 aromatic heterocycles. The zero-order valence-corrected chi connectivity index (χ0v) is 29.8. The highest BCUT2D eigenvalue weighted by Gasteiger charge is 2.45. The van der Waals surface area contributed by atoms with Crippen molar-refractivity contribution >= 4 is 63.7 Å². The number of hydrogen-bond acceptors (Lipinski definition) is 8. The van der Waals surface area contributed by atoms with Crippen LogP contribution in [0.15, 0.2) is 79.1 Å². The van der Waals surface area contributed by atoms with Crippen molar-refractivity contribution < 1.29 is 23.5 Å². The van der Waals surface area contributed by atoms with Gasteiger partial charge in [0.15, 0.2) is 5.82 Å². The molecule has 0 saturated carbocycles. The minimum Gasteiger partial charge on any atom is -0.381 e. The van der Waals surface area contributed by atoms with E-state index >= 15 is 0 Å². The summed E-state index contributed by atoms with van der Waals surface area (Å²) in [7, 11) is 0. The van der Waals surface area contributed by atoms with E-state index in [1.165, 1.54) is 23.5 Å². The second kappa shape index (κ2) is 13.8. The van der Waals surface area contributed by atoms with Gasteiger partial charge in [-0.1, -0.05) is 11.6 Å². The first kappa shape index (κ1) is 33.9. The Hall–Kier alpha value is -5.17. The van der Waals surface area contributed by atoms with Crippen molar-refractivity contribution in [2.45, 2.75) is 26.2 Å². The first-order valence-electron chi connectivity index (χ1n) is 17.0. The van der Waals surface area contributed by atoms with E-state index in [2.05, 4.69) is 25.5 Å². The summed E-state index contributed by atoms with van der Waals surface area (Å²) >= 11 is 7.45. The molecule has 0 bridgehead atoms. The summed E-state index contributed by atoms with van der Waals surface area (Å²) in [5.41, 5.74) is 4.45. The molecule has 2 saturated heterocycles. The highest BCUT2D eigenvalue weighted by molar-refractivity contribution is 7.17. The van der Waals surface area contributed by atoms with Gasteiger partial charge in [-0.25, -0.2) is 14.4 Å². The van der Waals surface area contributed by atoms with Gasteiger partial charge in [-0.15, -0.1) is 11.3 Å². The molecule has 13 heteroatoms. The molecule has 0 atom stereocenters. The van der Waals surface area contributed by atoms with Gasteiger partial charge in [0.25, 0.3) is 17.7 Å². The van der Waals surface area contributed by atoms with Crippen LogP contribution in [0, 0.1) is 18.2 Å². The van der Waals surface area contributed by atoms with Crippen molar-refractivity contribution in [3.8, 4) is 10.4 Å². The van der Waals surface area contributed by atoms with Gasteiger partial charge in [0.05, 0.1) is 21.2 Å². The van der Waals surface area contributed by atoms with Gasteiger partial charge < -0.3 is 25.2 Å². The fraction of sp³-hybridized carbons (Fsp3) is 0.256. The first-order valence-corrected chi connectivity index (χ1v) is 18.2. The van der Waals surface area contributed by atoms with Gasteiger partial charge in [0.1, 0.15) is 11.6 Å². The Kier molecular flexibility index (Phi) is 8.98. The third-order valence-corrected chi connectivity index (χ3v) is 11.4. The molecular formula is C39H34ClFN6O4S. The topological polar surface area (TPSA) is 117 Å². The highest BCUT2D eigenvalue weighted by Crippen LogP contribution is 2.44. The van der Waals surface area contributed by atoms with Crippen LogP contribution in [0.2, 0.25) is 5.02 Å². The number of amides is 3. The molecule has 52 heavy (non-hydrogen) atoms. The van der Waals surface area contributed by atoms with Crippen molar-refractivity contribution in [3.63, 3.8) is 0 Å². The molecule has 1 spiro atoms. The van der Waals surface area contributed by atoms with Gasteiger partial charge in [-0.2, -0.15) is 0 Å². The fourth-order valence-electron chi connectivity index (χ4n) is 7.15. The number of carbonyl (C=O) groups is 3. The van der Waals surface area contributed by atoms with E-state index in [4.69, 9.17) is 16.3 Å². The van der Waals surface area contributed by atoms with Gasteiger partial charge in [-0.3, -0.25) is 14.4 Å². The minimum atomic E-state index is -0.483. The smallest absolute Gasteiger partial charge is 0.266 e. The number of fused-ring (bicyclic) bond motifs is 3.